The minimum absolute atomic E-state index is 0.0210. The third-order valence-corrected chi connectivity index (χ3v) is 8.18. The fourth-order valence-corrected chi connectivity index (χ4v) is 6.21. The highest BCUT2D eigenvalue weighted by atomic mass is 35.5. The number of ether oxygens (including phenoxy) is 1. The smallest absolute Gasteiger partial charge is 0.469 e. The quantitative estimate of drug-likeness (QED) is 0.276. The number of phosphoric acid groups is 1. The molecule has 4 N–H and O–H groups in total. The summed E-state index contributed by atoms with van der Waals surface area (Å²) in [6, 6.07) is 23.2. The van der Waals surface area contributed by atoms with Crippen LogP contribution in [-0.4, -0.2) is 34.0 Å². The molecule has 11 heteroatoms. The van der Waals surface area contributed by atoms with E-state index in [9.17, 15) is 4.57 Å². The van der Waals surface area contributed by atoms with Gasteiger partial charge in [-0.15, -0.1) is 0 Å². The molecule has 4 rings (SSSR count). The van der Waals surface area contributed by atoms with Crippen molar-refractivity contribution in [2.24, 2.45) is 10.7 Å². The SMILES string of the molecule is N[C@@H](COP(=O)(O)O)C1=NCC(c2ccc(Sc3cccc(OCc4ccccc4)c3)cc2Cl)S1. The highest BCUT2D eigenvalue weighted by Gasteiger charge is 2.28. The Balaban J connectivity index is 1.35. The number of thioether (sulfide) groups is 1. The van der Waals surface area contributed by atoms with E-state index in [1.807, 2.05) is 72.8 Å². The normalized spacial score (nSPS) is 16.7. The first kappa shape index (κ1) is 26.3. The van der Waals surface area contributed by atoms with E-state index in [2.05, 4.69) is 9.52 Å². The molecule has 3 aromatic carbocycles. The second-order valence-electron chi connectivity index (χ2n) is 7.71. The van der Waals surface area contributed by atoms with Crippen LogP contribution in [-0.2, 0) is 15.7 Å². The summed E-state index contributed by atoms with van der Waals surface area (Å²) in [6.07, 6.45) is 0. The Labute approximate surface area is 217 Å². The Hall–Kier alpha value is -1.81. The molecule has 0 saturated carbocycles. The molecule has 0 saturated heterocycles. The molecule has 35 heavy (non-hydrogen) atoms. The van der Waals surface area contributed by atoms with Gasteiger partial charge in [0.1, 0.15) is 12.4 Å². The number of aliphatic imine (C=N–C) groups is 1. The average molecular weight is 551 g/mol. The van der Waals surface area contributed by atoms with Gasteiger partial charge in [-0.3, -0.25) is 9.52 Å². The molecule has 0 radical (unpaired) electrons. The Morgan fingerprint density at radius 1 is 1.11 bits per heavy atom. The van der Waals surface area contributed by atoms with E-state index in [4.69, 9.17) is 31.9 Å². The van der Waals surface area contributed by atoms with Crippen LogP contribution in [0.2, 0.25) is 5.02 Å². The molecule has 1 unspecified atom stereocenters. The first-order valence-electron chi connectivity index (χ1n) is 10.7. The Kier molecular flexibility index (Phi) is 8.97. The zero-order valence-electron chi connectivity index (χ0n) is 18.5. The second-order valence-corrected chi connectivity index (χ2v) is 11.7. The molecule has 0 bridgehead atoms. The molecule has 0 aromatic heterocycles. The predicted octanol–water partition coefficient (Wildman–Crippen LogP) is 5.69. The van der Waals surface area contributed by atoms with E-state index in [1.165, 1.54) is 11.8 Å². The van der Waals surface area contributed by atoms with Gasteiger partial charge in [0.2, 0.25) is 0 Å². The molecule has 0 spiro atoms. The maximum Gasteiger partial charge on any atom is 0.469 e. The van der Waals surface area contributed by atoms with Crippen LogP contribution in [0.3, 0.4) is 0 Å². The summed E-state index contributed by atoms with van der Waals surface area (Å²) >= 11 is 9.64. The number of hydrogen-bond acceptors (Lipinski definition) is 7. The van der Waals surface area contributed by atoms with Gasteiger partial charge in [-0.25, -0.2) is 4.57 Å². The van der Waals surface area contributed by atoms with Crippen LogP contribution < -0.4 is 10.5 Å². The molecule has 2 atom stereocenters. The van der Waals surface area contributed by atoms with E-state index in [1.54, 1.807) is 11.8 Å². The van der Waals surface area contributed by atoms with Crippen LogP contribution in [0.4, 0.5) is 0 Å². The Morgan fingerprint density at radius 3 is 2.63 bits per heavy atom. The number of nitrogens with two attached hydrogens (primary N) is 1. The zero-order valence-corrected chi connectivity index (χ0v) is 21.8. The van der Waals surface area contributed by atoms with Gasteiger partial charge in [0.25, 0.3) is 0 Å². The van der Waals surface area contributed by atoms with E-state index in [0.29, 0.717) is 23.2 Å². The molecule has 1 heterocycles. The Morgan fingerprint density at radius 2 is 1.89 bits per heavy atom. The number of phosphoric ester groups is 1. The van der Waals surface area contributed by atoms with Crippen molar-refractivity contribution in [1.29, 1.82) is 0 Å². The summed E-state index contributed by atoms with van der Waals surface area (Å²) in [5, 5.41) is 1.19. The topological polar surface area (TPSA) is 114 Å². The van der Waals surface area contributed by atoms with Crippen molar-refractivity contribution in [2.75, 3.05) is 13.2 Å². The van der Waals surface area contributed by atoms with Crippen LogP contribution in [0.15, 0.2) is 87.6 Å². The van der Waals surface area contributed by atoms with Gasteiger partial charge in [-0.2, -0.15) is 0 Å². The number of rotatable bonds is 10. The van der Waals surface area contributed by atoms with Gasteiger partial charge in [0.15, 0.2) is 0 Å². The van der Waals surface area contributed by atoms with Crippen LogP contribution in [0.5, 0.6) is 5.75 Å². The van der Waals surface area contributed by atoms with Crippen LogP contribution >= 0.6 is 42.9 Å². The maximum atomic E-state index is 10.9. The van der Waals surface area contributed by atoms with E-state index >= 15 is 0 Å². The van der Waals surface area contributed by atoms with Crippen LogP contribution in [0.1, 0.15) is 16.4 Å². The summed E-state index contributed by atoms with van der Waals surface area (Å²) < 4.78 is 21.3. The fourth-order valence-electron chi connectivity index (χ4n) is 3.35. The summed E-state index contributed by atoms with van der Waals surface area (Å²) in [6.45, 7) is 0.685. The van der Waals surface area contributed by atoms with E-state index in [0.717, 1.165) is 26.7 Å². The number of hydrogen-bond donors (Lipinski definition) is 3. The van der Waals surface area contributed by atoms with Gasteiger partial charge < -0.3 is 20.3 Å². The maximum absolute atomic E-state index is 10.9. The molecular formula is C24H24ClN2O5PS2. The molecule has 0 fully saturated rings. The van der Waals surface area contributed by atoms with Crippen molar-refractivity contribution in [3.05, 3.63) is 88.9 Å². The third kappa shape index (κ3) is 7.84. The molecule has 0 amide bonds. The number of halogens is 1. The Bertz CT molecular complexity index is 1240. The molecule has 3 aromatic rings. The first-order valence-corrected chi connectivity index (χ1v) is 14.3. The van der Waals surface area contributed by atoms with Crippen LogP contribution in [0, 0.1) is 0 Å². The van der Waals surface area contributed by atoms with E-state index < -0.39 is 13.9 Å². The molecular weight excluding hydrogens is 527 g/mol. The molecule has 0 aliphatic carbocycles. The average Bonchev–Trinajstić information content (AvgIpc) is 3.32. The minimum atomic E-state index is -4.57. The van der Waals surface area contributed by atoms with Gasteiger partial charge >= 0.3 is 7.82 Å². The van der Waals surface area contributed by atoms with Gasteiger partial charge in [0.05, 0.1) is 29.5 Å². The van der Waals surface area contributed by atoms with Gasteiger partial charge in [0, 0.05) is 14.8 Å². The van der Waals surface area contributed by atoms with Crippen molar-refractivity contribution in [3.8, 4) is 5.75 Å². The first-order chi connectivity index (χ1) is 16.8. The summed E-state index contributed by atoms with van der Waals surface area (Å²) in [7, 11) is -4.57. The molecule has 1 aliphatic heterocycles. The monoisotopic (exact) mass is 550 g/mol. The molecule has 1 aliphatic rings. The highest BCUT2D eigenvalue weighted by Crippen LogP contribution is 2.42. The van der Waals surface area contributed by atoms with Gasteiger partial charge in [-0.1, -0.05) is 77.6 Å². The lowest BCUT2D eigenvalue weighted by Crippen LogP contribution is -2.32. The van der Waals surface area contributed by atoms with Gasteiger partial charge in [-0.05, 0) is 41.5 Å². The van der Waals surface area contributed by atoms with Crippen molar-refractivity contribution >= 4 is 48.0 Å². The fraction of sp³-hybridized carbons (Fsp3) is 0.208. The highest BCUT2D eigenvalue weighted by molar-refractivity contribution is 8.14. The number of nitrogens with zero attached hydrogens (tertiary/aromatic N) is 1. The standard InChI is InChI=1S/C24H24ClN2O5PS2/c25-21-12-19(34-18-8-4-7-17(11-18)31-14-16-5-2-1-3-6-16)9-10-20(21)23-13-27-24(35-23)22(26)15-32-33(28,29)30/h1-12,22-23H,13-15,26H2,(H2,28,29,30)/t22-,23?/m0/s1. The summed E-state index contributed by atoms with van der Waals surface area (Å²) in [5.74, 6) is 0.799. The molecule has 184 valence electrons. The predicted molar refractivity (Wildman–Crippen MR) is 141 cm³/mol. The van der Waals surface area contributed by atoms with Crippen molar-refractivity contribution < 1.29 is 23.6 Å². The van der Waals surface area contributed by atoms with Crippen molar-refractivity contribution in [1.82, 2.24) is 0 Å². The second kappa shape index (κ2) is 12.0. The summed E-state index contributed by atoms with van der Waals surface area (Å²) in [4.78, 5) is 24.2. The van der Waals surface area contributed by atoms with E-state index in [-0.39, 0.29) is 11.9 Å². The number of benzene rings is 3. The lowest BCUT2D eigenvalue weighted by molar-refractivity contribution is 0.196. The molecule has 7 nitrogen and oxygen atoms in total. The lowest BCUT2D eigenvalue weighted by Gasteiger charge is -2.15. The largest absolute Gasteiger partial charge is 0.489 e. The third-order valence-electron chi connectivity index (χ3n) is 5.02. The summed E-state index contributed by atoms with van der Waals surface area (Å²) in [5.41, 5.74) is 8.02. The van der Waals surface area contributed by atoms with Crippen molar-refractivity contribution in [3.63, 3.8) is 0 Å². The zero-order chi connectivity index (χ0) is 24.8. The van der Waals surface area contributed by atoms with Crippen LogP contribution in [0.25, 0.3) is 0 Å². The van der Waals surface area contributed by atoms with Crippen molar-refractivity contribution in [2.45, 2.75) is 27.7 Å². The minimum Gasteiger partial charge on any atom is -0.489 e. The lowest BCUT2D eigenvalue weighted by atomic mass is 10.1.